The Morgan fingerprint density at radius 1 is 0.828 bits per heavy atom. The second-order valence-electron chi connectivity index (χ2n) is 8.26. The zero-order valence-electron chi connectivity index (χ0n) is 17.6. The van der Waals surface area contributed by atoms with Crippen LogP contribution in [-0.4, -0.2) is 19.0 Å². The molecule has 154 valence electrons. The maximum atomic E-state index is 13.5. The molecule has 1 aliphatic heterocycles. The standard InChI is InChI=1S/C25H31NO3/c1-4-28-21-12-8-6-10-17(21)23-19-14-16(3)15-20(25(19)27)24(26-23)18-11-7-9-13-22(18)29-5-2/h6-13,16,19-20,23-24,26H,4-5,14-15H2,1-3H3. The molecule has 2 aromatic carbocycles. The molecule has 29 heavy (non-hydrogen) atoms. The topological polar surface area (TPSA) is 47.6 Å². The third-order valence-corrected chi connectivity index (χ3v) is 6.32. The van der Waals surface area contributed by atoms with E-state index in [1.165, 1.54) is 0 Å². The number of piperidine rings is 1. The van der Waals surface area contributed by atoms with E-state index in [0.717, 1.165) is 35.5 Å². The van der Waals surface area contributed by atoms with E-state index in [2.05, 4.69) is 24.4 Å². The normalized spacial score (nSPS) is 28.8. The van der Waals surface area contributed by atoms with Crippen LogP contribution in [0.3, 0.4) is 0 Å². The lowest BCUT2D eigenvalue weighted by molar-refractivity contribution is -0.137. The number of benzene rings is 2. The van der Waals surface area contributed by atoms with Gasteiger partial charge in [0.2, 0.25) is 0 Å². The lowest BCUT2D eigenvalue weighted by Gasteiger charge is -2.47. The van der Waals surface area contributed by atoms with Crippen LogP contribution in [-0.2, 0) is 4.79 Å². The highest BCUT2D eigenvalue weighted by atomic mass is 16.5. The van der Waals surface area contributed by atoms with E-state index < -0.39 is 0 Å². The van der Waals surface area contributed by atoms with Crippen LogP contribution in [0.5, 0.6) is 11.5 Å². The molecule has 2 aromatic rings. The summed E-state index contributed by atoms with van der Waals surface area (Å²) in [5.74, 6) is 2.62. The first kappa shape index (κ1) is 20.0. The fraction of sp³-hybridized carbons (Fsp3) is 0.480. The number of ether oxygens (including phenoxy) is 2. The maximum Gasteiger partial charge on any atom is 0.142 e. The van der Waals surface area contributed by atoms with Crippen molar-refractivity contribution in [2.24, 2.45) is 17.8 Å². The quantitative estimate of drug-likeness (QED) is 0.742. The Bertz CT molecular complexity index is 797. The van der Waals surface area contributed by atoms with Gasteiger partial charge in [-0.05, 0) is 44.7 Å². The van der Waals surface area contributed by atoms with E-state index in [4.69, 9.17) is 9.47 Å². The third-order valence-electron chi connectivity index (χ3n) is 6.32. The number of hydrogen-bond donors (Lipinski definition) is 1. The number of rotatable bonds is 6. The van der Waals surface area contributed by atoms with Crippen LogP contribution in [0.2, 0.25) is 0 Å². The van der Waals surface area contributed by atoms with Gasteiger partial charge in [-0.25, -0.2) is 0 Å². The molecule has 2 bridgehead atoms. The predicted molar refractivity (Wildman–Crippen MR) is 114 cm³/mol. The monoisotopic (exact) mass is 393 g/mol. The first-order valence-electron chi connectivity index (χ1n) is 10.9. The SMILES string of the molecule is CCOc1ccccc1C1NC(c2ccccc2OCC)C2CC(C)CC1C2=O. The van der Waals surface area contributed by atoms with Crippen molar-refractivity contribution >= 4 is 5.78 Å². The summed E-state index contributed by atoms with van der Waals surface area (Å²) in [4.78, 5) is 13.5. The van der Waals surface area contributed by atoms with E-state index >= 15 is 0 Å². The Labute approximate surface area is 173 Å². The lowest BCUT2D eigenvalue weighted by atomic mass is 9.64. The highest BCUT2D eigenvalue weighted by molar-refractivity contribution is 5.87. The molecule has 1 N–H and O–H groups in total. The van der Waals surface area contributed by atoms with Gasteiger partial charge in [-0.2, -0.15) is 0 Å². The first-order chi connectivity index (χ1) is 14.1. The summed E-state index contributed by atoms with van der Waals surface area (Å²) in [6, 6.07) is 16.2. The number of carbonyl (C=O) groups is 1. The van der Waals surface area contributed by atoms with E-state index in [1.807, 2.05) is 50.2 Å². The van der Waals surface area contributed by atoms with Crippen molar-refractivity contribution in [2.75, 3.05) is 13.2 Å². The smallest absolute Gasteiger partial charge is 0.142 e. The summed E-state index contributed by atoms with van der Waals surface area (Å²) < 4.78 is 11.8. The van der Waals surface area contributed by atoms with Crippen LogP contribution in [0.1, 0.15) is 56.8 Å². The molecule has 4 atom stereocenters. The molecular weight excluding hydrogens is 362 g/mol. The Morgan fingerprint density at radius 2 is 1.28 bits per heavy atom. The summed E-state index contributed by atoms with van der Waals surface area (Å²) in [5.41, 5.74) is 2.17. The minimum atomic E-state index is -0.0519. The molecule has 0 aromatic heterocycles. The van der Waals surface area contributed by atoms with Gasteiger partial charge in [0.1, 0.15) is 17.3 Å². The Kier molecular flexibility index (Phi) is 5.91. The van der Waals surface area contributed by atoms with Crippen LogP contribution >= 0.6 is 0 Å². The average Bonchev–Trinajstić information content (AvgIpc) is 2.72. The van der Waals surface area contributed by atoms with Crippen molar-refractivity contribution in [1.29, 1.82) is 0 Å². The molecular formula is C25H31NO3. The van der Waals surface area contributed by atoms with E-state index in [1.54, 1.807) is 0 Å². The summed E-state index contributed by atoms with van der Waals surface area (Å²) in [7, 11) is 0. The molecule has 4 unspecified atom stereocenters. The van der Waals surface area contributed by atoms with Crippen LogP contribution in [0, 0.1) is 17.8 Å². The number of hydrogen-bond acceptors (Lipinski definition) is 4. The van der Waals surface area contributed by atoms with E-state index in [0.29, 0.717) is 24.9 Å². The van der Waals surface area contributed by atoms with Gasteiger partial charge >= 0.3 is 0 Å². The second kappa shape index (κ2) is 8.58. The van der Waals surface area contributed by atoms with Crippen molar-refractivity contribution in [1.82, 2.24) is 5.32 Å². The molecule has 1 saturated heterocycles. The Balaban J connectivity index is 1.78. The Morgan fingerprint density at radius 3 is 1.72 bits per heavy atom. The number of ketones is 1. The number of Topliss-reactive ketones (excluding diaryl/α,β-unsaturated/α-hetero) is 1. The third kappa shape index (κ3) is 3.78. The van der Waals surface area contributed by atoms with Gasteiger partial charge in [0.05, 0.1) is 13.2 Å². The lowest BCUT2D eigenvalue weighted by Crippen LogP contribution is -2.52. The van der Waals surface area contributed by atoms with Gasteiger partial charge in [0, 0.05) is 35.0 Å². The van der Waals surface area contributed by atoms with Gasteiger partial charge in [-0.3, -0.25) is 4.79 Å². The van der Waals surface area contributed by atoms with Crippen LogP contribution in [0.25, 0.3) is 0 Å². The predicted octanol–water partition coefficient (Wildman–Crippen LogP) is 5.10. The zero-order valence-corrected chi connectivity index (χ0v) is 17.6. The maximum absolute atomic E-state index is 13.5. The largest absolute Gasteiger partial charge is 0.494 e. The summed E-state index contributed by atoms with van der Waals surface area (Å²) in [6.45, 7) is 7.48. The minimum Gasteiger partial charge on any atom is -0.494 e. The molecule has 4 rings (SSSR count). The summed E-state index contributed by atoms with van der Waals surface area (Å²) >= 11 is 0. The number of nitrogens with one attached hydrogen (secondary N) is 1. The van der Waals surface area contributed by atoms with Gasteiger partial charge in [-0.1, -0.05) is 43.3 Å². The van der Waals surface area contributed by atoms with Crippen molar-refractivity contribution in [2.45, 2.75) is 45.7 Å². The van der Waals surface area contributed by atoms with Crippen molar-refractivity contribution in [3.63, 3.8) is 0 Å². The molecule has 0 spiro atoms. The number of carbonyl (C=O) groups excluding carboxylic acids is 1. The highest BCUT2D eigenvalue weighted by Gasteiger charge is 2.49. The summed E-state index contributed by atoms with van der Waals surface area (Å²) in [6.07, 6.45) is 1.85. The average molecular weight is 394 g/mol. The van der Waals surface area contributed by atoms with Crippen LogP contribution < -0.4 is 14.8 Å². The van der Waals surface area contributed by atoms with Crippen LogP contribution in [0.15, 0.2) is 48.5 Å². The van der Waals surface area contributed by atoms with Gasteiger partial charge < -0.3 is 14.8 Å². The summed E-state index contributed by atoms with van der Waals surface area (Å²) in [5, 5.41) is 3.86. The fourth-order valence-electron chi connectivity index (χ4n) is 5.16. The van der Waals surface area contributed by atoms with Crippen molar-refractivity contribution in [3.05, 3.63) is 59.7 Å². The molecule has 2 aliphatic rings. The van der Waals surface area contributed by atoms with Crippen LogP contribution in [0.4, 0.5) is 0 Å². The molecule has 2 fully saturated rings. The fourth-order valence-corrected chi connectivity index (χ4v) is 5.16. The number of fused-ring (bicyclic) bond motifs is 2. The van der Waals surface area contributed by atoms with Gasteiger partial charge in [0.25, 0.3) is 0 Å². The molecule has 0 radical (unpaired) electrons. The van der Waals surface area contributed by atoms with E-state index in [-0.39, 0.29) is 23.9 Å². The second-order valence-corrected chi connectivity index (χ2v) is 8.26. The molecule has 1 aliphatic carbocycles. The van der Waals surface area contributed by atoms with E-state index in [9.17, 15) is 4.79 Å². The minimum absolute atomic E-state index is 0.0131. The molecule has 4 nitrogen and oxygen atoms in total. The number of para-hydroxylation sites is 2. The Hall–Kier alpha value is -2.33. The zero-order chi connectivity index (χ0) is 20.4. The van der Waals surface area contributed by atoms with Crippen molar-refractivity contribution in [3.8, 4) is 11.5 Å². The molecule has 1 saturated carbocycles. The van der Waals surface area contributed by atoms with Gasteiger partial charge in [-0.15, -0.1) is 0 Å². The first-order valence-corrected chi connectivity index (χ1v) is 10.9. The highest BCUT2D eigenvalue weighted by Crippen LogP contribution is 2.50. The molecule has 1 heterocycles. The van der Waals surface area contributed by atoms with Crippen molar-refractivity contribution < 1.29 is 14.3 Å². The molecule has 0 amide bonds. The molecule has 4 heteroatoms. The van der Waals surface area contributed by atoms with Gasteiger partial charge in [0.15, 0.2) is 0 Å².